The first-order chi connectivity index (χ1) is 8.97. The first-order valence-electron chi connectivity index (χ1n) is 6.63. The van der Waals surface area contributed by atoms with Crippen LogP contribution in [0.4, 0.5) is 13.2 Å². The van der Waals surface area contributed by atoms with Crippen molar-refractivity contribution in [3.05, 3.63) is 0 Å². The normalized spacial score (nSPS) is 23.6. The Labute approximate surface area is 110 Å². The fourth-order valence-electron chi connectivity index (χ4n) is 2.65. The molecule has 2 aliphatic heterocycles. The molecule has 0 unspecified atom stereocenters. The molecular weight excluding hydrogens is 261 g/mol. The third-order valence-electron chi connectivity index (χ3n) is 3.76. The molecule has 110 valence electrons. The summed E-state index contributed by atoms with van der Waals surface area (Å²) in [5.74, 6) is -1.31. The zero-order chi connectivity index (χ0) is 13.9. The van der Waals surface area contributed by atoms with Gasteiger partial charge in [-0.1, -0.05) is 0 Å². The third-order valence-corrected chi connectivity index (χ3v) is 3.76. The summed E-state index contributed by atoms with van der Waals surface area (Å²) in [7, 11) is 0. The van der Waals surface area contributed by atoms with E-state index in [9.17, 15) is 18.0 Å². The van der Waals surface area contributed by atoms with Crippen molar-refractivity contribution in [1.82, 2.24) is 9.80 Å². The molecule has 0 atom stereocenters. The van der Waals surface area contributed by atoms with E-state index in [-0.39, 0.29) is 13.1 Å². The fraction of sp³-hybridized carbons (Fsp3) is 0.917. The van der Waals surface area contributed by atoms with Gasteiger partial charge in [0.25, 0.3) is 0 Å². The number of piperidine rings is 1. The first-order valence-corrected chi connectivity index (χ1v) is 6.63. The molecule has 2 saturated heterocycles. The van der Waals surface area contributed by atoms with Crippen molar-refractivity contribution in [1.29, 1.82) is 0 Å². The van der Waals surface area contributed by atoms with Crippen LogP contribution in [0.25, 0.3) is 0 Å². The van der Waals surface area contributed by atoms with Crippen LogP contribution in [0.1, 0.15) is 12.8 Å². The number of amides is 1. The number of rotatable bonds is 2. The Balaban J connectivity index is 1.74. The molecule has 0 radical (unpaired) electrons. The number of hydrogen-bond donors (Lipinski definition) is 0. The lowest BCUT2D eigenvalue weighted by Crippen LogP contribution is -2.47. The van der Waals surface area contributed by atoms with Crippen molar-refractivity contribution in [3.8, 4) is 0 Å². The molecule has 1 amide bonds. The van der Waals surface area contributed by atoms with Gasteiger partial charge in [0.1, 0.15) is 0 Å². The summed E-state index contributed by atoms with van der Waals surface area (Å²) in [5, 5.41) is 0. The summed E-state index contributed by atoms with van der Waals surface area (Å²) in [6, 6.07) is 0. The minimum atomic E-state index is -4.74. The molecular formula is C12H19F3N2O2. The minimum absolute atomic E-state index is 0.216. The average Bonchev–Trinajstić information content (AvgIpc) is 2.39. The number of morpholine rings is 1. The van der Waals surface area contributed by atoms with Crippen molar-refractivity contribution < 1.29 is 22.7 Å². The zero-order valence-electron chi connectivity index (χ0n) is 10.8. The predicted octanol–water partition coefficient (Wildman–Crippen LogP) is 1.12. The Morgan fingerprint density at radius 2 is 1.68 bits per heavy atom. The molecule has 2 aliphatic rings. The second kappa shape index (κ2) is 6.09. The molecule has 0 aromatic rings. The molecule has 2 heterocycles. The van der Waals surface area contributed by atoms with Gasteiger partial charge in [0.05, 0.1) is 13.2 Å². The van der Waals surface area contributed by atoms with Crippen molar-refractivity contribution in [2.45, 2.75) is 19.0 Å². The van der Waals surface area contributed by atoms with Gasteiger partial charge in [0.15, 0.2) is 0 Å². The fourth-order valence-corrected chi connectivity index (χ4v) is 2.65. The van der Waals surface area contributed by atoms with Gasteiger partial charge in [-0.05, 0) is 18.8 Å². The van der Waals surface area contributed by atoms with Crippen LogP contribution in [0, 0.1) is 5.92 Å². The first kappa shape index (κ1) is 14.6. The maximum Gasteiger partial charge on any atom is 0.471 e. The highest BCUT2D eigenvalue weighted by Gasteiger charge is 2.43. The van der Waals surface area contributed by atoms with E-state index in [0.29, 0.717) is 18.8 Å². The lowest BCUT2D eigenvalue weighted by Gasteiger charge is -2.36. The van der Waals surface area contributed by atoms with E-state index in [1.165, 1.54) is 0 Å². The zero-order valence-corrected chi connectivity index (χ0v) is 10.8. The number of halogens is 3. The van der Waals surface area contributed by atoms with E-state index in [1.807, 2.05) is 0 Å². The molecule has 0 N–H and O–H groups in total. The van der Waals surface area contributed by atoms with Gasteiger partial charge in [-0.25, -0.2) is 0 Å². The van der Waals surface area contributed by atoms with Crippen LogP contribution in [-0.4, -0.2) is 67.8 Å². The summed E-state index contributed by atoms with van der Waals surface area (Å²) in [4.78, 5) is 14.3. The van der Waals surface area contributed by atoms with Crippen molar-refractivity contribution in [2.24, 2.45) is 5.92 Å². The lowest BCUT2D eigenvalue weighted by atomic mass is 9.96. The molecule has 0 aliphatic carbocycles. The van der Waals surface area contributed by atoms with Crippen LogP contribution in [0.2, 0.25) is 0 Å². The molecule has 0 aromatic heterocycles. The monoisotopic (exact) mass is 280 g/mol. The largest absolute Gasteiger partial charge is 0.471 e. The van der Waals surface area contributed by atoms with E-state index in [0.717, 1.165) is 37.7 Å². The van der Waals surface area contributed by atoms with Crippen molar-refractivity contribution in [2.75, 3.05) is 45.9 Å². The maximum atomic E-state index is 12.3. The number of ether oxygens (including phenoxy) is 1. The van der Waals surface area contributed by atoms with Crippen LogP contribution in [0.5, 0.6) is 0 Å². The lowest BCUT2D eigenvalue weighted by molar-refractivity contribution is -0.186. The Hall–Kier alpha value is -0.820. The van der Waals surface area contributed by atoms with Crippen molar-refractivity contribution in [3.63, 3.8) is 0 Å². The van der Waals surface area contributed by atoms with Gasteiger partial charge in [0.2, 0.25) is 0 Å². The highest BCUT2D eigenvalue weighted by atomic mass is 19.4. The van der Waals surface area contributed by atoms with Crippen LogP contribution in [0.3, 0.4) is 0 Å². The molecule has 0 saturated carbocycles. The number of nitrogens with zero attached hydrogens (tertiary/aromatic N) is 2. The molecule has 2 fully saturated rings. The third kappa shape index (κ3) is 4.07. The smallest absolute Gasteiger partial charge is 0.379 e. The summed E-state index contributed by atoms with van der Waals surface area (Å²) < 4.78 is 42.1. The number of carbonyl (C=O) groups is 1. The van der Waals surface area contributed by atoms with Crippen LogP contribution < -0.4 is 0 Å². The summed E-state index contributed by atoms with van der Waals surface area (Å²) in [5.41, 5.74) is 0. The Morgan fingerprint density at radius 1 is 1.11 bits per heavy atom. The predicted molar refractivity (Wildman–Crippen MR) is 62.6 cm³/mol. The second-order valence-electron chi connectivity index (χ2n) is 5.15. The number of alkyl halides is 3. The van der Waals surface area contributed by atoms with E-state index in [4.69, 9.17) is 4.74 Å². The van der Waals surface area contributed by atoms with Crippen molar-refractivity contribution >= 4 is 5.91 Å². The highest BCUT2D eigenvalue weighted by molar-refractivity contribution is 5.81. The number of carbonyl (C=O) groups excluding carboxylic acids is 1. The van der Waals surface area contributed by atoms with Gasteiger partial charge in [-0.2, -0.15) is 13.2 Å². The highest BCUT2D eigenvalue weighted by Crippen LogP contribution is 2.24. The number of hydrogen-bond acceptors (Lipinski definition) is 3. The Morgan fingerprint density at radius 3 is 2.21 bits per heavy atom. The van der Waals surface area contributed by atoms with E-state index < -0.39 is 12.1 Å². The standard InChI is InChI=1S/C12H19F3N2O2/c13-12(14,15)11(18)17-3-1-10(2-4-17)9-16-5-7-19-8-6-16/h10H,1-9H2. The second-order valence-corrected chi connectivity index (χ2v) is 5.15. The Bertz CT molecular complexity index is 309. The molecule has 7 heteroatoms. The molecule has 19 heavy (non-hydrogen) atoms. The number of likely N-dealkylation sites (tertiary alicyclic amines) is 1. The van der Waals surface area contributed by atoms with Crippen LogP contribution >= 0.6 is 0 Å². The molecule has 0 spiro atoms. The van der Waals surface area contributed by atoms with Gasteiger partial charge in [-0.15, -0.1) is 0 Å². The minimum Gasteiger partial charge on any atom is -0.379 e. The Kier molecular flexibility index (Phi) is 4.67. The topological polar surface area (TPSA) is 32.8 Å². The van der Waals surface area contributed by atoms with Gasteiger partial charge >= 0.3 is 12.1 Å². The molecule has 2 rings (SSSR count). The molecule has 4 nitrogen and oxygen atoms in total. The van der Waals surface area contributed by atoms with Gasteiger partial charge < -0.3 is 9.64 Å². The summed E-state index contributed by atoms with van der Waals surface area (Å²) in [6.45, 7) is 4.57. The van der Waals surface area contributed by atoms with Gasteiger partial charge in [0, 0.05) is 32.7 Å². The summed E-state index contributed by atoms with van der Waals surface area (Å²) in [6.07, 6.45) is -3.44. The van der Waals surface area contributed by atoms with Crippen LogP contribution in [0.15, 0.2) is 0 Å². The molecule has 0 aromatic carbocycles. The quantitative estimate of drug-likeness (QED) is 0.760. The average molecular weight is 280 g/mol. The van der Waals surface area contributed by atoms with Crippen LogP contribution in [-0.2, 0) is 9.53 Å². The molecule has 0 bridgehead atoms. The van der Waals surface area contributed by atoms with E-state index in [1.54, 1.807) is 0 Å². The SMILES string of the molecule is O=C(N1CCC(CN2CCOCC2)CC1)C(F)(F)F. The van der Waals surface area contributed by atoms with Gasteiger partial charge in [-0.3, -0.25) is 9.69 Å². The summed E-state index contributed by atoms with van der Waals surface area (Å²) >= 11 is 0. The van der Waals surface area contributed by atoms with E-state index >= 15 is 0 Å². The maximum absolute atomic E-state index is 12.3. The van der Waals surface area contributed by atoms with E-state index in [2.05, 4.69) is 4.90 Å².